The molecule has 0 atom stereocenters. The number of amidine groups is 1. The van der Waals surface area contributed by atoms with E-state index in [1.54, 1.807) is 12.4 Å². The molecule has 0 aliphatic carbocycles. The Kier molecular flexibility index (Phi) is 4.39. The molecule has 0 bridgehead atoms. The molecule has 4 nitrogen and oxygen atoms in total. The molecule has 0 aliphatic rings. The van der Waals surface area contributed by atoms with Crippen molar-refractivity contribution >= 4 is 21.8 Å². The minimum absolute atomic E-state index is 0.0685. The van der Waals surface area contributed by atoms with Gasteiger partial charge in [0.15, 0.2) is 0 Å². The van der Waals surface area contributed by atoms with Crippen LogP contribution in [0, 0.1) is 19.3 Å². The Labute approximate surface area is 126 Å². The van der Waals surface area contributed by atoms with E-state index >= 15 is 0 Å². The van der Waals surface area contributed by atoms with Crippen LogP contribution in [0.1, 0.15) is 22.3 Å². The van der Waals surface area contributed by atoms with E-state index in [-0.39, 0.29) is 5.84 Å². The van der Waals surface area contributed by atoms with Gasteiger partial charge in [0.2, 0.25) is 0 Å². The minimum Gasteiger partial charge on any atom is -0.488 e. The number of nitrogens with zero attached hydrogens (tertiary/aromatic N) is 1. The standard InChI is InChI=1S/C15H16BrN3O/c1-9-3-12(15(17)18)4-10(2)14(9)20-8-11-5-13(16)7-19-6-11/h3-7H,8H2,1-2H3,(H3,17,18). The second-order valence-corrected chi connectivity index (χ2v) is 5.57. The molecular formula is C15H16BrN3O. The van der Waals surface area contributed by atoms with Crippen LogP contribution in [-0.4, -0.2) is 10.8 Å². The molecule has 1 aromatic carbocycles. The van der Waals surface area contributed by atoms with Crippen molar-refractivity contribution in [1.82, 2.24) is 4.98 Å². The van der Waals surface area contributed by atoms with Crippen LogP contribution < -0.4 is 10.5 Å². The number of hydrogen-bond acceptors (Lipinski definition) is 3. The number of benzene rings is 1. The minimum atomic E-state index is 0.0685. The molecule has 0 saturated carbocycles. The summed E-state index contributed by atoms with van der Waals surface area (Å²) in [4.78, 5) is 4.11. The van der Waals surface area contributed by atoms with Crippen molar-refractivity contribution in [3.63, 3.8) is 0 Å². The molecule has 0 unspecified atom stereocenters. The number of aromatic nitrogens is 1. The Morgan fingerprint density at radius 3 is 2.45 bits per heavy atom. The van der Waals surface area contributed by atoms with Gasteiger partial charge in [0.25, 0.3) is 0 Å². The van der Waals surface area contributed by atoms with E-state index in [4.69, 9.17) is 15.9 Å². The Balaban J connectivity index is 2.20. The second-order valence-electron chi connectivity index (χ2n) is 4.65. The summed E-state index contributed by atoms with van der Waals surface area (Å²) in [6.07, 6.45) is 3.51. The van der Waals surface area contributed by atoms with Crippen molar-refractivity contribution in [2.45, 2.75) is 20.5 Å². The summed E-state index contributed by atoms with van der Waals surface area (Å²) in [6, 6.07) is 5.70. The van der Waals surface area contributed by atoms with E-state index in [9.17, 15) is 0 Å². The predicted molar refractivity (Wildman–Crippen MR) is 83.2 cm³/mol. The summed E-state index contributed by atoms with van der Waals surface area (Å²) in [5.74, 6) is 0.897. The number of hydrogen-bond donors (Lipinski definition) is 2. The van der Waals surface area contributed by atoms with Gasteiger partial charge in [0.05, 0.1) is 0 Å². The van der Waals surface area contributed by atoms with E-state index in [1.807, 2.05) is 32.0 Å². The summed E-state index contributed by atoms with van der Waals surface area (Å²) in [5, 5.41) is 7.48. The van der Waals surface area contributed by atoms with Crippen molar-refractivity contribution in [3.8, 4) is 5.75 Å². The molecule has 0 saturated heterocycles. The van der Waals surface area contributed by atoms with Gasteiger partial charge in [-0.25, -0.2) is 0 Å². The molecule has 20 heavy (non-hydrogen) atoms. The van der Waals surface area contributed by atoms with E-state index in [2.05, 4.69) is 20.9 Å². The average Bonchev–Trinajstić information content (AvgIpc) is 2.37. The molecule has 2 aromatic rings. The number of rotatable bonds is 4. The first-order valence-corrected chi connectivity index (χ1v) is 6.94. The molecule has 0 fully saturated rings. The zero-order chi connectivity index (χ0) is 14.7. The lowest BCUT2D eigenvalue weighted by Gasteiger charge is -2.14. The van der Waals surface area contributed by atoms with Crippen molar-refractivity contribution in [2.75, 3.05) is 0 Å². The van der Waals surface area contributed by atoms with Gasteiger partial charge in [-0.15, -0.1) is 0 Å². The zero-order valence-corrected chi connectivity index (χ0v) is 13.0. The van der Waals surface area contributed by atoms with Crippen LogP contribution in [-0.2, 0) is 6.61 Å². The van der Waals surface area contributed by atoms with E-state index < -0.39 is 0 Å². The molecule has 0 amide bonds. The number of nitrogen functional groups attached to an aromatic ring is 1. The number of nitrogens with one attached hydrogen (secondary N) is 1. The normalized spacial score (nSPS) is 10.3. The zero-order valence-electron chi connectivity index (χ0n) is 11.4. The van der Waals surface area contributed by atoms with Crippen LogP contribution >= 0.6 is 15.9 Å². The first-order valence-electron chi connectivity index (χ1n) is 6.15. The van der Waals surface area contributed by atoms with Gasteiger partial charge in [-0.2, -0.15) is 0 Å². The largest absolute Gasteiger partial charge is 0.488 e. The monoisotopic (exact) mass is 333 g/mol. The molecule has 0 radical (unpaired) electrons. The summed E-state index contributed by atoms with van der Waals surface area (Å²) in [7, 11) is 0. The maximum atomic E-state index is 7.48. The lowest BCUT2D eigenvalue weighted by atomic mass is 10.1. The quantitative estimate of drug-likeness (QED) is 0.665. The van der Waals surface area contributed by atoms with Crippen molar-refractivity contribution in [2.24, 2.45) is 5.73 Å². The van der Waals surface area contributed by atoms with Crippen molar-refractivity contribution < 1.29 is 4.74 Å². The maximum absolute atomic E-state index is 7.48. The molecule has 104 valence electrons. The van der Waals surface area contributed by atoms with Crippen LogP contribution in [0.2, 0.25) is 0 Å². The van der Waals surface area contributed by atoms with Gasteiger partial charge in [0.1, 0.15) is 18.2 Å². The highest BCUT2D eigenvalue weighted by Crippen LogP contribution is 2.25. The van der Waals surface area contributed by atoms with Gasteiger partial charge in [-0.1, -0.05) is 0 Å². The third-order valence-corrected chi connectivity index (χ3v) is 3.35. The van der Waals surface area contributed by atoms with Gasteiger partial charge in [-0.05, 0) is 59.1 Å². The Bertz CT molecular complexity index is 632. The molecule has 1 heterocycles. The fourth-order valence-corrected chi connectivity index (χ4v) is 2.44. The SMILES string of the molecule is Cc1cc(C(=N)N)cc(C)c1OCc1cncc(Br)c1. The molecular weight excluding hydrogens is 318 g/mol. The summed E-state index contributed by atoms with van der Waals surface area (Å²) >= 11 is 3.39. The second kappa shape index (κ2) is 6.05. The molecule has 0 spiro atoms. The fourth-order valence-electron chi connectivity index (χ4n) is 2.02. The highest BCUT2D eigenvalue weighted by atomic mass is 79.9. The first-order chi connectivity index (χ1) is 9.47. The summed E-state index contributed by atoms with van der Waals surface area (Å²) in [6.45, 7) is 4.36. The van der Waals surface area contributed by atoms with Crippen LogP contribution in [0.3, 0.4) is 0 Å². The Morgan fingerprint density at radius 1 is 1.25 bits per heavy atom. The third kappa shape index (κ3) is 3.36. The smallest absolute Gasteiger partial charge is 0.125 e. The highest BCUT2D eigenvalue weighted by molar-refractivity contribution is 9.10. The highest BCUT2D eigenvalue weighted by Gasteiger charge is 2.08. The van der Waals surface area contributed by atoms with E-state index in [0.717, 1.165) is 32.5 Å². The lowest BCUT2D eigenvalue weighted by molar-refractivity contribution is 0.301. The number of aryl methyl sites for hydroxylation is 2. The van der Waals surface area contributed by atoms with Crippen LogP contribution in [0.5, 0.6) is 5.75 Å². The van der Waals surface area contributed by atoms with Gasteiger partial charge in [-0.3, -0.25) is 10.4 Å². The molecule has 0 aliphatic heterocycles. The maximum Gasteiger partial charge on any atom is 0.125 e. The van der Waals surface area contributed by atoms with E-state index in [1.165, 1.54) is 0 Å². The molecule has 3 N–H and O–H groups in total. The fraction of sp³-hybridized carbons (Fsp3) is 0.200. The van der Waals surface area contributed by atoms with Crippen molar-refractivity contribution in [3.05, 3.63) is 57.3 Å². The number of ether oxygens (including phenoxy) is 1. The molecule has 2 rings (SSSR count). The number of nitrogens with two attached hydrogens (primary N) is 1. The van der Waals surface area contributed by atoms with Crippen LogP contribution in [0.4, 0.5) is 0 Å². The van der Waals surface area contributed by atoms with Gasteiger partial charge < -0.3 is 10.5 Å². The predicted octanol–water partition coefficient (Wildman–Crippen LogP) is 3.32. The first kappa shape index (κ1) is 14.5. The van der Waals surface area contributed by atoms with Crippen LogP contribution in [0.15, 0.2) is 35.1 Å². The molecule has 5 heteroatoms. The molecule has 1 aromatic heterocycles. The Hall–Kier alpha value is -1.88. The van der Waals surface area contributed by atoms with Gasteiger partial charge >= 0.3 is 0 Å². The third-order valence-electron chi connectivity index (χ3n) is 2.92. The van der Waals surface area contributed by atoms with Gasteiger partial charge in [0, 0.05) is 28.0 Å². The topological polar surface area (TPSA) is 72.0 Å². The number of pyridine rings is 1. The van der Waals surface area contributed by atoms with Crippen molar-refractivity contribution in [1.29, 1.82) is 5.41 Å². The average molecular weight is 334 g/mol. The lowest BCUT2D eigenvalue weighted by Crippen LogP contribution is -2.12. The summed E-state index contributed by atoms with van der Waals surface area (Å²) < 4.78 is 6.80. The van der Waals surface area contributed by atoms with Crippen LogP contribution in [0.25, 0.3) is 0 Å². The Morgan fingerprint density at radius 2 is 1.90 bits per heavy atom. The van der Waals surface area contributed by atoms with E-state index in [0.29, 0.717) is 6.61 Å². The number of halogens is 1. The summed E-state index contributed by atoms with van der Waals surface area (Å²) in [5.41, 5.74) is 9.17.